The lowest BCUT2D eigenvalue weighted by atomic mass is 10.1. The molecule has 0 bridgehead atoms. The maximum Gasteiger partial charge on any atom is 0.573 e. The van der Waals surface area contributed by atoms with Crippen molar-refractivity contribution in [2.45, 2.75) is 30.4 Å². The summed E-state index contributed by atoms with van der Waals surface area (Å²) in [5.41, 5.74) is -1.43. The van der Waals surface area contributed by atoms with E-state index < -0.39 is 45.7 Å². The molecule has 2 aromatic carbocycles. The predicted molar refractivity (Wildman–Crippen MR) is 100 cm³/mol. The van der Waals surface area contributed by atoms with Crippen LogP contribution in [0.2, 0.25) is 0 Å². The molecule has 1 aliphatic rings. The van der Waals surface area contributed by atoms with Crippen molar-refractivity contribution >= 4 is 15.7 Å². The van der Waals surface area contributed by atoms with Gasteiger partial charge in [-0.1, -0.05) is 0 Å². The lowest BCUT2D eigenvalue weighted by Crippen LogP contribution is -2.54. The molecule has 0 aromatic heterocycles. The van der Waals surface area contributed by atoms with Gasteiger partial charge in [-0.15, -0.1) is 13.2 Å². The highest BCUT2D eigenvalue weighted by molar-refractivity contribution is 7.89. The molecule has 1 heterocycles. The molecule has 3 rings (SSSR count). The summed E-state index contributed by atoms with van der Waals surface area (Å²) in [6, 6.07) is 5.12. The first-order chi connectivity index (χ1) is 14.7. The zero-order valence-corrected chi connectivity index (χ0v) is 17.2. The van der Waals surface area contributed by atoms with Gasteiger partial charge in [-0.2, -0.15) is 17.5 Å². The van der Waals surface area contributed by atoms with E-state index >= 15 is 0 Å². The first-order valence-electron chi connectivity index (χ1n) is 9.18. The Balaban J connectivity index is 1.80. The number of piperazine rings is 1. The van der Waals surface area contributed by atoms with E-state index in [1.54, 1.807) is 0 Å². The maximum absolute atomic E-state index is 13.4. The van der Waals surface area contributed by atoms with Crippen LogP contribution >= 0.6 is 0 Å². The predicted octanol–water partition coefficient (Wildman–Crippen LogP) is 4.64. The van der Waals surface area contributed by atoms with Crippen LogP contribution in [0.4, 0.5) is 36.4 Å². The molecule has 0 unspecified atom stereocenters. The van der Waals surface area contributed by atoms with Crippen LogP contribution in [0.3, 0.4) is 0 Å². The van der Waals surface area contributed by atoms with Gasteiger partial charge in [-0.3, -0.25) is 0 Å². The summed E-state index contributed by atoms with van der Waals surface area (Å²) in [6.45, 7) is 1.09. The van der Waals surface area contributed by atoms with Crippen molar-refractivity contribution in [3.8, 4) is 5.75 Å². The van der Waals surface area contributed by atoms with Crippen LogP contribution in [-0.4, -0.2) is 44.8 Å². The fourth-order valence-corrected chi connectivity index (χ4v) is 5.09. The van der Waals surface area contributed by atoms with Gasteiger partial charge in [0.2, 0.25) is 10.0 Å². The van der Waals surface area contributed by atoms with E-state index in [1.165, 1.54) is 11.8 Å². The third kappa shape index (κ3) is 5.26. The van der Waals surface area contributed by atoms with Crippen LogP contribution in [0.5, 0.6) is 5.75 Å². The van der Waals surface area contributed by atoms with Crippen LogP contribution < -0.4 is 9.64 Å². The van der Waals surface area contributed by atoms with Gasteiger partial charge in [0.15, 0.2) is 0 Å². The second kappa shape index (κ2) is 8.43. The Labute approximate surface area is 179 Å². The Hall–Kier alpha value is -2.54. The average molecular weight is 486 g/mol. The van der Waals surface area contributed by atoms with Crippen molar-refractivity contribution in [1.82, 2.24) is 4.31 Å². The number of alkyl halides is 6. The van der Waals surface area contributed by atoms with Gasteiger partial charge in [0, 0.05) is 31.4 Å². The van der Waals surface area contributed by atoms with Crippen molar-refractivity contribution in [3.05, 3.63) is 53.8 Å². The highest BCUT2D eigenvalue weighted by Gasteiger charge is 2.39. The molecule has 0 spiro atoms. The SMILES string of the molecule is C[C@@H]1CN(c2ccc(F)cc2C(F)(F)F)CCN1S(=O)(=O)c1ccc(OC(F)(F)F)cc1. The molecule has 0 aliphatic carbocycles. The van der Waals surface area contributed by atoms with Gasteiger partial charge < -0.3 is 9.64 Å². The van der Waals surface area contributed by atoms with Gasteiger partial charge in [0.05, 0.1) is 10.5 Å². The third-order valence-corrected chi connectivity index (χ3v) is 6.86. The summed E-state index contributed by atoms with van der Waals surface area (Å²) < 4.78 is 121. The summed E-state index contributed by atoms with van der Waals surface area (Å²) >= 11 is 0. The number of hydrogen-bond donors (Lipinski definition) is 0. The molecule has 13 heteroatoms. The summed E-state index contributed by atoms with van der Waals surface area (Å²) in [5, 5.41) is 0. The van der Waals surface area contributed by atoms with Gasteiger partial charge >= 0.3 is 12.5 Å². The largest absolute Gasteiger partial charge is 0.573 e. The molecule has 0 N–H and O–H groups in total. The maximum atomic E-state index is 13.4. The van der Waals surface area contributed by atoms with Crippen LogP contribution in [0.25, 0.3) is 0 Å². The highest BCUT2D eigenvalue weighted by atomic mass is 32.2. The average Bonchev–Trinajstić information content (AvgIpc) is 2.66. The van der Waals surface area contributed by atoms with Crippen LogP contribution in [-0.2, 0) is 16.2 Å². The number of hydrogen-bond acceptors (Lipinski definition) is 4. The molecule has 5 nitrogen and oxygen atoms in total. The minimum atomic E-state index is -4.93. The number of ether oxygens (including phenoxy) is 1. The smallest absolute Gasteiger partial charge is 0.406 e. The molecule has 1 aliphatic heterocycles. The molecule has 1 saturated heterocycles. The molecular weight excluding hydrogens is 469 g/mol. The summed E-state index contributed by atoms with van der Waals surface area (Å²) in [4.78, 5) is 1.03. The Morgan fingerprint density at radius 2 is 1.59 bits per heavy atom. The minimum Gasteiger partial charge on any atom is -0.406 e. The Morgan fingerprint density at radius 3 is 2.12 bits per heavy atom. The molecule has 0 saturated carbocycles. The second-order valence-corrected chi connectivity index (χ2v) is 8.98. The number of nitrogens with zero attached hydrogens (tertiary/aromatic N) is 2. The first kappa shape index (κ1) is 24.1. The van der Waals surface area contributed by atoms with Crippen molar-refractivity contribution < 1.29 is 43.9 Å². The molecule has 1 atom stereocenters. The highest BCUT2D eigenvalue weighted by Crippen LogP contribution is 2.38. The number of halogens is 7. The first-order valence-corrected chi connectivity index (χ1v) is 10.6. The van der Waals surface area contributed by atoms with E-state index in [2.05, 4.69) is 4.74 Å². The van der Waals surface area contributed by atoms with E-state index in [0.717, 1.165) is 40.7 Å². The van der Waals surface area contributed by atoms with Gasteiger partial charge in [0.25, 0.3) is 0 Å². The molecule has 1 fully saturated rings. The van der Waals surface area contributed by atoms with Crippen LogP contribution in [0.1, 0.15) is 12.5 Å². The second-order valence-electron chi connectivity index (χ2n) is 7.09. The topological polar surface area (TPSA) is 49.9 Å². The minimum absolute atomic E-state index is 0.104. The molecule has 0 radical (unpaired) electrons. The molecule has 2 aromatic rings. The molecule has 176 valence electrons. The van der Waals surface area contributed by atoms with Crippen LogP contribution in [0.15, 0.2) is 47.4 Å². The number of benzene rings is 2. The van der Waals surface area contributed by atoms with Crippen molar-refractivity contribution in [3.63, 3.8) is 0 Å². The molecule has 32 heavy (non-hydrogen) atoms. The Kier molecular flexibility index (Phi) is 6.35. The number of anilines is 1. The summed E-state index contributed by atoms with van der Waals surface area (Å²) in [5.74, 6) is -1.64. The van der Waals surface area contributed by atoms with E-state index in [4.69, 9.17) is 0 Å². The van der Waals surface area contributed by atoms with Gasteiger partial charge in [-0.05, 0) is 49.4 Å². The van der Waals surface area contributed by atoms with Crippen molar-refractivity contribution in [1.29, 1.82) is 0 Å². The number of rotatable bonds is 4. The Bertz CT molecular complexity index is 1070. The zero-order valence-electron chi connectivity index (χ0n) is 16.4. The van der Waals surface area contributed by atoms with Crippen molar-refractivity contribution in [2.75, 3.05) is 24.5 Å². The third-order valence-electron chi connectivity index (χ3n) is 4.84. The monoisotopic (exact) mass is 486 g/mol. The van der Waals surface area contributed by atoms with E-state index in [0.29, 0.717) is 6.07 Å². The van der Waals surface area contributed by atoms with E-state index in [1.807, 2.05) is 0 Å². The van der Waals surface area contributed by atoms with E-state index in [9.17, 15) is 39.2 Å². The van der Waals surface area contributed by atoms with Gasteiger partial charge in [-0.25, -0.2) is 12.8 Å². The summed E-state index contributed by atoms with van der Waals surface area (Å²) in [7, 11) is -4.13. The molecule has 0 amide bonds. The number of sulfonamides is 1. The van der Waals surface area contributed by atoms with E-state index in [-0.39, 0.29) is 30.2 Å². The fourth-order valence-electron chi connectivity index (χ4n) is 3.48. The normalized spacial score (nSPS) is 18.6. The lowest BCUT2D eigenvalue weighted by molar-refractivity contribution is -0.274. The van der Waals surface area contributed by atoms with Crippen molar-refractivity contribution in [2.24, 2.45) is 0 Å². The standard InChI is InChI=1S/C19H17F7N2O3S/c1-12-11-27(17-7-2-13(20)10-16(17)18(21,22)23)8-9-28(12)32(29,30)15-5-3-14(4-6-15)31-19(24,25)26/h2-7,10,12H,8-9,11H2,1H3/t12-/m1/s1. The fraction of sp³-hybridized carbons (Fsp3) is 0.368. The zero-order chi connectivity index (χ0) is 23.9. The van der Waals surface area contributed by atoms with Gasteiger partial charge in [0.1, 0.15) is 11.6 Å². The van der Waals surface area contributed by atoms with Crippen LogP contribution in [0, 0.1) is 5.82 Å². The Morgan fingerprint density at radius 1 is 0.969 bits per heavy atom. The quantitative estimate of drug-likeness (QED) is 0.591. The molecular formula is C19H17F7N2O3S. The lowest BCUT2D eigenvalue weighted by Gasteiger charge is -2.40. The summed E-state index contributed by atoms with van der Waals surface area (Å²) in [6.07, 6.45) is -9.73.